The first kappa shape index (κ1) is 12.8. The second-order valence-electron chi connectivity index (χ2n) is 3.13. The van der Waals surface area contributed by atoms with Crippen LogP contribution in [0.5, 0.6) is 5.75 Å². The Hall–Kier alpha value is -1.29. The van der Waals surface area contributed by atoms with Crippen LogP contribution in [0.2, 0.25) is 0 Å². The minimum absolute atomic E-state index is 0.307. The molecule has 0 spiro atoms. The zero-order chi connectivity index (χ0) is 11.8. The third kappa shape index (κ3) is 4.98. The Kier molecular flexibility index (Phi) is 5.64. The van der Waals surface area contributed by atoms with E-state index in [1.165, 1.54) is 0 Å². The maximum absolute atomic E-state index is 10.3. The molecule has 0 saturated carbocycles. The van der Waals surface area contributed by atoms with Gasteiger partial charge in [-0.2, -0.15) is 0 Å². The monoisotopic (exact) mass is 284 g/mol. The fourth-order valence-corrected chi connectivity index (χ4v) is 1.37. The standard InChI is InChI=1S/C12H13BrO3/c13-8-2-1-3-10-4-6-11(7-5-10)16-9-12(14)15/h1,3-7H,2,8-9H2,(H,14,15). The molecule has 0 atom stereocenters. The molecule has 0 aliphatic rings. The van der Waals surface area contributed by atoms with Gasteiger partial charge in [0.1, 0.15) is 5.75 Å². The van der Waals surface area contributed by atoms with Crippen molar-refractivity contribution in [1.29, 1.82) is 0 Å². The number of hydrogen-bond acceptors (Lipinski definition) is 2. The molecular formula is C12H13BrO3. The highest BCUT2D eigenvalue weighted by Crippen LogP contribution is 2.13. The van der Waals surface area contributed by atoms with Gasteiger partial charge in [-0.25, -0.2) is 4.79 Å². The smallest absolute Gasteiger partial charge is 0.341 e. The van der Waals surface area contributed by atoms with Crippen molar-refractivity contribution >= 4 is 28.0 Å². The molecule has 3 nitrogen and oxygen atoms in total. The summed E-state index contributed by atoms with van der Waals surface area (Å²) in [6.45, 7) is -0.307. The van der Waals surface area contributed by atoms with Crippen LogP contribution >= 0.6 is 15.9 Å². The number of alkyl halides is 1. The zero-order valence-electron chi connectivity index (χ0n) is 8.73. The van der Waals surface area contributed by atoms with Crippen LogP contribution in [0, 0.1) is 0 Å². The summed E-state index contributed by atoms with van der Waals surface area (Å²) in [7, 11) is 0. The lowest BCUT2D eigenvalue weighted by Gasteiger charge is -2.02. The van der Waals surface area contributed by atoms with Crippen LogP contribution in [0.4, 0.5) is 0 Å². The molecule has 0 aliphatic heterocycles. The van der Waals surface area contributed by atoms with Crippen molar-refractivity contribution in [1.82, 2.24) is 0 Å². The molecule has 86 valence electrons. The van der Waals surface area contributed by atoms with Crippen molar-refractivity contribution in [2.24, 2.45) is 0 Å². The van der Waals surface area contributed by atoms with Crippen LogP contribution in [0.15, 0.2) is 30.3 Å². The number of carbonyl (C=O) groups is 1. The predicted molar refractivity (Wildman–Crippen MR) is 67.0 cm³/mol. The van der Waals surface area contributed by atoms with Gasteiger partial charge in [0.15, 0.2) is 6.61 Å². The number of hydrogen-bond donors (Lipinski definition) is 1. The molecule has 1 rings (SSSR count). The summed E-state index contributed by atoms with van der Waals surface area (Å²) in [5, 5.41) is 9.38. The minimum atomic E-state index is -0.971. The number of benzene rings is 1. The van der Waals surface area contributed by atoms with E-state index in [4.69, 9.17) is 9.84 Å². The van der Waals surface area contributed by atoms with Gasteiger partial charge >= 0.3 is 5.97 Å². The number of rotatable bonds is 6. The maximum atomic E-state index is 10.3. The summed E-state index contributed by atoms with van der Waals surface area (Å²) in [6.07, 6.45) is 5.07. The van der Waals surface area contributed by atoms with E-state index in [9.17, 15) is 4.79 Å². The average molecular weight is 285 g/mol. The first-order chi connectivity index (χ1) is 7.72. The molecule has 16 heavy (non-hydrogen) atoms. The van der Waals surface area contributed by atoms with Crippen LogP contribution < -0.4 is 4.74 Å². The van der Waals surface area contributed by atoms with E-state index in [1.807, 2.05) is 18.2 Å². The van der Waals surface area contributed by atoms with E-state index in [-0.39, 0.29) is 6.61 Å². The van der Waals surface area contributed by atoms with Crippen LogP contribution in [-0.2, 0) is 4.79 Å². The fourth-order valence-electron chi connectivity index (χ4n) is 1.10. The van der Waals surface area contributed by atoms with E-state index in [0.717, 1.165) is 17.3 Å². The average Bonchev–Trinajstić information content (AvgIpc) is 2.28. The van der Waals surface area contributed by atoms with Gasteiger partial charge in [0, 0.05) is 5.33 Å². The topological polar surface area (TPSA) is 46.5 Å². The number of halogens is 1. The Morgan fingerprint density at radius 3 is 2.62 bits per heavy atom. The number of carboxylic acid groups (broad SMARTS) is 1. The van der Waals surface area contributed by atoms with Gasteiger partial charge in [-0.1, -0.05) is 40.2 Å². The summed E-state index contributed by atoms with van der Waals surface area (Å²) in [4.78, 5) is 10.3. The van der Waals surface area contributed by atoms with E-state index < -0.39 is 5.97 Å². The lowest BCUT2D eigenvalue weighted by molar-refractivity contribution is -0.139. The van der Waals surface area contributed by atoms with Crippen LogP contribution in [0.3, 0.4) is 0 Å². The van der Waals surface area contributed by atoms with Crippen LogP contribution in [0.1, 0.15) is 12.0 Å². The van der Waals surface area contributed by atoms with E-state index in [2.05, 4.69) is 22.0 Å². The lowest BCUT2D eigenvalue weighted by atomic mass is 10.2. The Labute approximate surface area is 103 Å². The molecule has 1 aromatic carbocycles. The summed E-state index contributed by atoms with van der Waals surface area (Å²) in [6, 6.07) is 7.30. The highest BCUT2D eigenvalue weighted by Gasteiger charge is 1.98. The fraction of sp³-hybridized carbons (Fsp3) is 0.250. The highest BCUT2D eigenvalue weighted by atomic mass is 79.9. The van der Waals surface area contributed by atoms with Crippen LogP contribution in [-0.4, -0.2) is 23.0 Å². The van der Waals surface area contributed by atoms with Crippen molar-refractivity contribution in [2.75, 3.05) is 11.9 Å². The van der Waals surface area contributed by atoms with Gasteiger partial charge in [0.2, 0.25) is 0 Å². The Bertz CT molecular complexity index is 357. The quantitative estimate of drug-likeness (QED) is 0.817. The van der Waals surface area contributed by atoms with E-state index >= 15 is 0 Å². The number of aliphatic carboxylic acids is 1. The number of ether oxygens (including phenoxy) is 1. The Balaban J connectivity index is 2.50. The summed E-state index contributed by atoms with van der Waals surface area (Å²) in [5.41, 5.74) is 1.07. The largest absolute Gasteiger partial charge is 0.482 e. The molecule has 0 saturated heterocycles. The van der Waals surface area contributed by atoms with Gasteiger partial charge in [0.05, 0.1) is 0 Å². The van der Waals surface area contributed by atoms with E-state index in [0.29, 0.717) is 5.75 Å². The van der Waals surface area contributed by atoms with Crippen molar-refractivity contribution in [2.45, 2.75) is 6.42 Å². The minimum Gasteiger partial charge on any atom is -0.482 e. The molecule has 0 aliphatic carbocycles. The molecule has 1 N–H and O–H groups in total. The van der Waals surface area contributed by atoms with Crippen molar-refractivity contribution < 1.29 is 14.6 Å². The first-order valence-electron chi connectivity index (χ1n) is 4.89. The summed E-state index contributed by atoms with van der Waals surface area (Å²) < 4.78 is 5.02. The maximum Gasteiger partial charge on any atom is 0.341 e. The van der Waals surface area contributed by atoms with Gasteiger partial charge in [-0.05, 0) is 24.1 Å². The third-order valence-corrected chi connectivity index (χ3v) is 2.29. The van der Waals surface area contributed by atoms with Crippen molar-refractivity contribution in [3.63, 3.8) is 0 Å². The summed E-state index contributed by atoms with van der Waals surface area (Å²) >= 11 is 3.34. The van der Waals surface area contributed by atoms with Gasteiger partial charge in [0.25, 0.3) is 0 Å². The molecule has 0 bridgehead atoms. The Morgan fingerprint density at radius 2 is 2.06 bits per heavy atom. The number of carboxylic acids is 1. The molecule has 0 unspecified atom stereocenters. The second kappa shape index (κ2) is 7.06. The summed E-state index contributed by atoms with van der Waals surface area (Å²) in [5.74, 6) is -0.402. The van der Waals surface area contributed by atoms with Gasteiger partial charge < -0.3 is 9.84 Å². The normalized spacial score (nSPS) is 10.6. The molecule has 0 amide bonds. The molecule has 1 aromatic rings. The van der Waals surface area contributed by atoms with Crippen LogP contribution in [0.25, 0.3) is 6.08 Å². The molecule has 4 heteroatoms. The lowest BCUT2D eigenvalue weighted by Crippen LogP contribution is -2.09. The molecule has 0 radical (unpaired) electrons. The van der Waals surface area contributed by atoms with Crippen molar-refractivity contribution in [3.05, 3.63) is 35.9 Å². The molecule has 0 heterocycles. The highest BCUT2D eigenvalue weighted by molar-refractivity contribution is 9.09. The SMILES string of the molecule is O=C(O)COc1ccc(C=CCCBr)cc1. The third-order valence-electron chi connectivity index (χ3n) is 1.83. The second-order valence-corrected chi connectivity index (χ2v) is 3.92. The molecule has 0 aromatic heterocycles. The zero-order valence-corrected chi connectivity index (χ0v) is 10.3. The Morgan fingerprint density at radius 1 is 1.38 bits per heavy atom. The van der Waals surface area contributed by atoms with E-state index in [1.54, 1.807) is 12.1 Å². The van der Waals surface area contributed by atoms with Crippen molar-refractivity contribution in [3.8, 4) is 5.75 Å². The molecular weight excluding hydrogens is 272 g/mol. The van der Waals surface area contributed by atoms with Gasteiger partial charge in [-0.15, -0.1) is 0 Å². The van der Waals surface area contributed by atoms with Gasteiger partial charge in [-0.3, -0.25) is 0 Å². The first-order valence-corrected chi connectivity index (χ1v) is 6.01. The molecule has 0 fully saturated rings. The number of allylic oxidation sites excluding steroid dienone is 1. The predicted octanol–water partition coefficient (Wildman–Crippen LogP) is 2.95.